The molecule has 0 aliphatic heterocycles. The van der Waals surface area contributed by atoms with Crippen molar-refractivity contribution in [3.63, 3.8) is 0 Å². The number of hydrogen-bond donors (Lipinski definition) is 1. The van der Waals surface area contributed by atoms with Gasteiger partial charge in [-0.05, 0) is 80.0 Å². The number of fused-ring (bicyclic) bond motifs is 1. The van der Waals surface area contributed by atoms with Crippen molar-refractivity contribution in [1.29, 1.82) is 0 Å². The zero-order valence-electron chi connectivity index (χ0n) is 15.6. The van der Waals surface area contributed by atoms with E-state index in [0.29, 0.717) is 6.54 Å². The third-order valence-corrected chi connectivity index (χ3v) is 4.87. The van der Waals surface area contributed by atoms with Crippen LogP contribution in [0, 0.1) is 0 Å². The Labute approximate surface area is 155 Å². The van der Waals surface area contributed by atoms with Crippen LogP contribution >= 0.6 is 0 Å². The second-order valence-corrected chi connectivity index (χ2v) is 6.79. The fraction of sp³-hybridized carbons (Fsp3) is 0.409. The van der Waals surface area contributed by atoms with E-state index in [-0.39, 0.29) is 5.91 Å². The predicted octanol–water partition coefficient (Wildman–Crippen LogP) is 3.70. The Kier molecular flexibility index (Phi) is 6.16. The maximum atomic E-state index is 12.3. The van der Waals surface area contributed by atoms with Crippen LogP contribution < -0.4 is 14.8 Å². The molecule has 2 aromatic carbocycles. The first kappa shape index (κ1) is 18.3. The molecule has 2 aromatic rings. The lowest BCUT2D eigenvalue weighted by Crippen LogP contribution is -2.37. The van der Waals surface area contributed by atoms with E-state index in [1.165, 1.54) is 24.0 Å². The van der Waals surface area contributed by atoms with Gasteiger partial charge in [0, 0.05) is 6.54 Å². The summed E-state index contributed by atoms with van der Waals surface area (Å²) >= 11 is 0. The first-order valence-corrected chi connectivity index (χ1v) is 9.35. The Morgan fingerprint density at radius 1 is 1.04 bits per heavy atom. The molecular weight excluding hydrogens is 326 g/mol. The zero-order chi connectivity index (χ0) is 18.4. The van der Waals surface area contributed by atoms with Gasteiger partial charge in [0.15, 0.2) is 6.10 Å². The number of hydrogen-bond acceptors (Lipinski definition) is 3. The summed E-state index contributed by atoms with van der Waals surface area (Å²) in [7, 11) is 1.65. The van der Waals surface area contributed by atoms with Crippen molar-refractivity contribution in [2.45, 2.75) is 45.1 Å². The van der Waals surface area contributed by atoms with Crippen molar-refractivity contribution in [3.8, 4) is 11.5 Å². The molecule has 0 bridgehead atoms. The minimum Gasteiger partial charge on any atom is -0.497 e. The van der Waals surface area contributed by atoms with Crippen LogP contribution in [0.25, 0.3) is 0 Å². The van der Waals surface area contributed by atoms with Crippen LogP contribution in [0.4, 0.5) is 0 Å². The van der Waals surface area contributed by atoms with Gasteiger partial charge < -0.3 is 14.8 Å². The molecule has 0 fully saturated rings. The zero-order valence-corrected chi connectivity index (χ0v) is 15.6. The van der Waals surface area contributed by atoms with Crippen molar-refractivity contribution in [3.05, 3.63) is 59.2 Å². The molecule has 0 spiro atoms. The molecule has 1 unspecified atom stereocenters. The van der Waals surface area contributed by atoms with E-state index in [0.717, 1.165) is 36.3 Å². The van der Waals surface area contributed by atoms with Gasteiger partial charge in [-0.3, -0.25) is 4.79 Å². The molecule has 1 atom stereocenters. The summed E-state index contributed by atoms with van der Waals surface area (Å²) in [6.07, 6.45) is 5.03. The fourth-order valence-corrected chi connectivity index (χ4v) is 3.31. The number of methoxy groups -OCH3 is 1. The number of benzene rings is 2. The maximum absolute atomic E-state index is 12.3. The first-order chi connectivity index (χ1) is 12.7. The number of amides is 1. The molecule has 0 aromatic heterocycles. The van der Waals surface area contributed by atoms with Crippen LogP contribution in [0.1, 0.15) is 36.5 Å². The second kappa shape index (κ2) is 8.75. The van der Waals surface area contributed by atoms with Gasteiger partial charge in [0.2, 0.25) is 0 Å². The lowest BCUT2D eigenvalue weighted by molar-refractivity contribution is -0.127. The Bertz CT molecular complexity index is 740. The van der Waals surface area contributed by atoms with Crippen molar-refractivity contribution in [2.24, 2.45) is 0 Å². The predicted molar refractivity (Wildman–Crippen MR) is 103 cm³/mol. The quantitative estimate of drug-likeness (QED) is 0.826. The van der Waals surface area contributed by atoms with E-state index in [2.05, 4.69) is 17.4 Å². The van der Waals surface area contributed by atoms with Gasteiger partial charge >= 0.3 is 0 Å². The monoisotopic (exact) mass is 353 g/mol. The van der Waals surface area contributed by atoms with E-state index in [9.17, 15) is 4.79 Å². The number of aryl methyl sites for hydroxylation is 2. The highest BCUT2D eigenvalue weighted by molar-refractivity contribution is 5.80. The molecule has 138 valence electrons. The highest BCUT2D eigenvalue weighted by Crippen LogP contribution is 2.25. The highest BCUT2D eigenvalue weighted by Gasteiger charge is 2.16. The van der Waals surface area contributed by atoms with Gasteiger partial charge in [-0.15, -0.1) is 0 Å². The van der Waals surface area contributed by atoms with Crippen LogP contribution in [-0.2, 0) is 24.1 Å². The van der Waals surface area contributed by atoms with Crippen molar-refractivity contribution >= 4 is 5.91 Å². The largest absolute Gasteiger partial charge is 0.497 e. The summed E-state index contributed by atoms with van der Waals surface area (Å²) in [5.41, 5.74) is 3.94. The molecule has 1 aliphatic rings. The van der Waals surface area contributed by atoms with Crippen molar-refractivity contribution in [1.82, 2.24) is 5.32 Å². The molecule has 0 saturated carbocycles. The molecule has 1 amide bonds. The fourth-order valence-electron chi connectivity index (χ4n) is 3.31. The number of carbonyl (C=O) groups is 1. The summed E-state index contributed by atoms with van der Waals surface area (Å²) in [6, 6.07) is 14.1. The van der Waals surface area contributed by atoms with Crippen LogP contribution in [0.5, 0.6) is 11.5 Å². The highest BCUT2D eigenvalue weighted by atomic mass is 16.5. The standard InChI is InChI=1S/C22H27NO3/c1-16(26-21-12-9-18-5-3-4-6-19(18)15-21)22(24)23-14-13-17-7-10-20(25-2)11-8-17/h7-12,15-16H,3-6,13-14H2,1-2H3,(H,23,24). The van der Waals surface area contributed by atoms with E-state index in [1.807, 2.05) is 30.3 Å². The van der Waals surface area contributed by atoms with Crippen LogP contribution in [-0.4, -0.2) is 25.7 Å². The molecule has 3 rings (SSSR count). The van der Waals surface area contributed by atoms with E-state index >= 15 is 0 Å². The Balaban J connectivity index is 1.46. The second-order valence-electron chi connectivity index (χ2n) is 6.79. The van der Waals surface area contributed by atoms with E-state index < -0.39 is 6.10 Å². The number of rotatable bonds is 7. The molecule has 0 radical (unpaired) electrons. The topological polar surface area (TPSA) is 47.6 Å². The van der Waals surface area contributed by atoms with Gasteiger partial charge in [-0.2, -0.15) is 0 Å². The minimum atomic E-state index is -0.507. The smallest absolute Gasteiger partial charge is 0.260 e. The first-order valence-electron chi connectivity index (χ1n) is 9.35. The number of nitrogens with one attached hydrogen (secondary N) is 1. The molecule has 4 nitrogen and oxygen atoms in total. The third-order valence-electron chi connectivity index (χ3n) is 4.87. The maximum Gasteiger partial charge on any atom is 0.260 e. The Morgan fingerprint density at radius 3 is 2.46 bits per heavy atom. The van der Waals surface area contributed by atoms with Crippen LogP contribution in [0.2, 0.25) is 0 Å². The van der Waals surface area contributed by atoms with Gasteiger partial charge in [0.05, 0.1) is 7.11 Å². The number of carbonyl (C=O) groups excluding carboxylic acids is 1. The van der Waals surface area contributed by atoms with E-state index in [4.69, 9.17) is 9.47 Å². The molecule has 0 heterocycles. The molecule has 4 heteroatoms. The van der Waals surface area contributed by atoms with Crippen LogP contribution in [0.3, 0.4) is 0 Å². The minimum absolute atomic E-state index is 0.0868. The molecule has 1 aliphatic carbocycles. The van der Waals surface area contributed by atoms with Crippen molar-refractivity contribution in [2.75, 3.05) is 13.7 Å². The summed E-state index contributed by atoms with van der Waals surface area (Å²) in [5, 5.41) is 2.95. The van der Waals surface area contributed by atoms with Gasteiger partial charge in [0.25, 0.3) is 5.91 Å². The lowest BCUT2D eigenvalue weighted by Gasteiger charge is -2.19. The van der Waals surface area contributed by atoms with Gasteiger partial charge in [-0.1, -0.05) is 18.2 Å². The van der Waals surface area contributed by atoms with Crippen molar-refractivity contribution < 1.29 is 14.3 Å². The molecular formula is C22H27NO3. The Morgan fingerprint density at radius 2 is 1.73 bits per heavy atom. The third kappa shape index (κ3) is 4.78. The van der Waals surface area contributed by atoms with E-state index in [1.54, 1.807) is 14.0 Å². The Hall–Kier alpha value is -2.49. The number of ether oxygens (including phenoxy) is 2. The summed E-state index contributed by atoms with van der Waals surface area (Å²) < 4.78 is 11.0. The molecule has 0 saturated heterocycles. The average Bonchev–Trinajstić information content (AvgIpc) is 2.68. The summed E-state index contributed by atoms with van der Waals surface area (Å²) in [5.74, 6) is 1.53. The van der Waals surface area contributed by atoms with Gasteiger partial charge in [-0.25, -0.2) is 0 Å². The SMILES string of the molecule is COc1ccc(CCNC(=O)C(C)Oc2ccc3c(c2)CCCC3)cc1. The average molecular weight is 353 g/mol. The normalized spacial score (nSPS) is 14.2. The summed E-state index contributed by atoms with van der Waals surface area (Å²) in [6.45, 7) is 2.38. The summed E-state index contributed by atoms with van der Waals surface area (Å²) in [4.78, 5) is 12.3. The lowest BCUT2D eigenvalue weighted by atomic mass is 9.92. The van der Waals surface area contributed by atoms with Gasteiger partial charge in [0.1, 0.15) is 11.5 Å². The molecule has 1 N–H and O–H groups in total. The molecule has 26 heavy (non-hydrogen) atoms. The van der Waals surface area contributed by atoms with Crippen LogP contribution in [0.15, 0.2) is 42.5 Å².